The first-order valence-corrected chi connectivity index (χ1v) is 5.91. The topological polar surface area (TPSA) is 15.3 Å². The van der Waals surface area contributed by atoms with Crippen molar-refractivity contribution in [2.24, 2.45) is 0 Å². The fourth-order valence-corrected chi connectivity index (χ4v) is 2.31. The van der Waals surface area contributed by atoms with Crippen molar-refractivity contribution in [2.45, 2.75) is 19.4 Å². The summed E-state index contributed by atoms with van der Waals surface area (Å²) >= 11 is 0. The predicted molar refractivity (Wildman–Crippen MR) is 63.9 cm³/mol. The Morgan fingerprint density at radius 1 is 1.33 bits per heavy atom. The van der Waals surface area contributed by atoms with Crippen LogP contribution in [0.2, 0.25) is 0 Å². The number of benzene rings is 1. The van der Waals surface area contributed by atoms with E-state index in [2.05, 4.69) is 47.5 Å². The van der Waals surface area contributed by atoms with E-state index in [1.54, 1.807) is 0 Å². The summed E-state index contributed by atoms with van der Waals surface area (Å²) in [5.41, 5.74) is 1.44. The Kier molecular flexibility index (Phi) is 3.75. The van der Waals surface area contributed by atoms with Crippen LogP contribution in [0.5, 0.6) is 0 Å². The number of piperazine rings is 1. The van der Waals surface area contributed by atoms with Crippen molar-refractivity contribution in [3.8, 4) is 0 Å². The minimum absolute atomic E-state index is 0.569. The lowest BCUT2D eigenvalue weighted by molar-refractivity contribution is 0.162. The second kappa shape index (κ2) is 5.29. The van der Waals surface area contributed by atoms with Crippen molar-refractivity contribution in [3.63, 3.8) is 0 Å². The highest BCUT2D eigenvalue weighted by molar-refractivity contribution is 5.20. The SMILES string of the molecule is CCCN1CCNC[C@H]1c1ccccc1. The molecule has 0 aromatic heterocycles. The molecule has 1 aromatic carbocycles. The Morgan fingerprint density at radius 3 is 2.87 bits per heavy atom. The van der Waals surface area contributed by atoms with Gasteiger partial charge < -0.3 is 5.32 Å². The van der Waals surface area contributed by atoms with Gasteiger partial charge in [-0.3, -0.25) is 4.90 Å². The van der Waals surface area contributed by atoms with Gasteiger partial charge in [0.05, 0.1) is 0 Å². The van der Waals surface area contributed by atoms with Gasteiger partial charge in [-0.2, -0.15) is 0 Å². The molecular formula is C13H20N2. The van der Waals surface area contributed by atoms with E-state index in [1.807, 2.05) is 0 Å². The van der Waals surface area contributed by atoms with Gasteiger partial charge in [0.1, 0.15) is 0 Å². The van der Waals surface area contributed by atoms with Gasteiger partial charge in [-0.25, -0.2) is 0 Å². The van der Waals surface area contributed by atoms with Crippen LogP contribution >= 0.6 is 0 Å². The van der Waals surface area contributed by atoms with Crippen LogP contribution in [0.4, 0.5) is 0 Å². The molecule has 0 amide bonds. The summed E-state index contributed by atoms with van der Waals surface area (Å²) in [5.74, 6) is 0. The first-order chi connectivity index (χ1) is 7.42. The fraction of sp³-hybridized carbons (Fsp3) is 0.538. The quantitative estimate of drug-likeness (QED) is 0.810. The second-order valence-corrected chi connectivity index (χ2v) is 4.17. The zero-order valence-corrected chi connectivity index (χ0v) is 9.45. The van der Waals surface area contributed by atoms with Gasteiger partial charge in [0, 0.05) is 25.7 Å². The summed E-state index contributed by atoms with van der Waals surface area (Å²) in [6, 6.07) is 11.4. The number of nitrogens with one attached hydrogen (secondary N) is 1. The summed E-state index contributed by atoms with van der Waals surface area (Å²) in [7, 11) is 0. The molecular weight excluding hydrogens is 184 g/mol. The lowest BCUT2D eigenvalue weighted by Crippen LogP contribution is -2.46. The largest absolute Gasteiger partial charge is 0.314 e. The highest BCUT2D eigenvalue weighted by atomic mass is 15.2. The Balaban J connectivity index is 2.11. The number of nitrogens with zero attached hydrogens (tertiary/aromatic N) is 1. The molecule has 1 fully saturated rings. The van der Waals surface area contributed by atoms with Crippen LogP contribution in [-0.4, -0.2) is 31.1 Å². The van der Waals surface area contributed by atoms with Crippen molar-refractivity contribution in [1.82, 2.24) is 10.2 Å². The van der Waals surface area contributed by atoms with Crippen LogP contribution in [-0.2, 0) is 0 Å². The first-order valence-electron chi connectivity index (χ1n) is 5.91. The van der Waals surface area contributed by atoms with E-state index < -0.39 is 0 Å². The maximum atomic E-state index is 3.48. The zero-order chi connectivity index (χ0) is 10.5. The van der Waals surface area contributed by atoms with E-state index in [0.29, 0.717) is 6.04 Å². The molecule has 0 radical (unpaired) electrons. The van der Waals surface area contributed by atoms with Crippen molar-refractivity contribution in [2.75, 3.05) is 26.2 Å². The third-order valence-corrected chi connectivity index (χ3v) is 3.05. The third-order valence-electron chi connectivity index (χ3n) is 3.05. The van der Waals surface area contributed by atoms with E-state index >= 15 is 0 Å². The summed E-state index contributed by atoms with van der Waals surface area (Å²) in [5, 5.41) is 3.48. The van der Waals surface area contributed by atoms with Crippen LogP contribution < -0.4 is 5.32 Å². The Morgan fingerprint density at radius 2 is 2.13 bits per heavy atom. The second-order valence-electron chi connectivity index (χ2n) is 4.17. The number of hydrogen-bond acceptors (Lipinski definition) is 2. The van der Waals surface area contributed by atoms with Gasteiger partial charge in [-0.15, -0.1) is 0 Å². The molecule has 1 heterocycles. The molecule has 15 heavy (non-hydrogen) atoms. The molecule has 1 N–H and O–H groups in total. The van der Waals surface area contributed by atoms with Crippen molar-refractivity contribution in [3.05, 3.63) is 35.9 Å². The molecule has 2 nitrogen and oxygen atoms in total. The molecule has 0 aliphatic carbocycles. The smallest absolute Gasteiger partial charge is 0.0473 e. The Bertz CT molecular complexity index is 282. The summed E-state index contributed by atoms with van der Waals surface area (Å²) in [6.45, 7) is 6.85. The lowest BCUT2D eigenvalue weighted by Gasteiger charge is -2.36. The highest BCUT2D eigenvalue weighted by Crippen LogP contribution is 2.21. The van der Waals surface area contributed by atoms with Crippen LogP contribution in [0.25, 0.3) is 0 Å². The minimum atomic E-state index is 0.569. The molecule has 0 unspecified atom stereocenters. The maximum absolute atomic E-state index is 3.48. The van der Waals surface area contributed by atoms with Gasteiger partial charge in [0.2, 0.25) is 0 Å². The van der Waals surface area contributed by atoms with Crippen LogP contribution in [0.3, 0.4) is 0 Å². The Labute approximate surface area is 92.3 Å². The van der Waals surface area contributed by atoms with Crippen LogP contribution in [0.15, 0.2) is 30.3 Å². The van der Waals surface area contributed by atoms with Crippen molar-refractivity contribution in [1.29, 1.82) is 0 Å². The van der Waals surface area contributed by atoms with E-state index in [4.69, 9.17) is 0 Å². The van der Waals surface area contributed by atoms with E-state index in [9.17, 15) is 0 Å². The average Bonchev–Trinajstić information content (AvgIpc) is 2.31. The third kappa shape index (κ3) is 2.58. The molecule has 1 saturated heterocycles. The highest BCUT2D eigenvalue weighted by Gasteiger charge is 2.22. The van der Waals surface area contributed by atoms with Crippen molar-refractivity contribution < 1.29 is 0 Å². The zero-order valence-electron chi connectivity index (χ0n) is 9.45. The average molecular weight is 204 g/mol. The molecule has 2 rings (SSSR count). The molecule has 1 atom stereocenters. The van der Waals surface area contributed by atoms with Gasteiger partial charge >= 0.3 is 0 Å². The fourth-order valence-electron chi connectivity index (χ4n) is 2.31. The van der Waals surface area contributed by atoms with Gasteiger partial charge in [-0.1, -0.05) is 37.3 Å². The van der Waals surface area contributed by atoms with Crippen molar-refractivity contribution >= 4 is 0 Å². The normalized spacial score (nSPS) is 22.9. The van der Waals surface area contributed by atoms with Gasteiger partial charge in [0.25, 0.3) is 0 Å². The van der Waals surface area contributed by atoms with Crippen LogP contribution in [0, 0.1) is 0 Å². The molecule has 2 heteroatoms. The Hall–Kier alpha value is -0.860. The monoisotopic (exact) mass is 204 g/mol. The lowest BCUT2D eigenvalue weighted by atomic mass is 10.0. The molecule has 0 saturated carbocycles. The molecule has 1 aromatic rings. The number of rotatable bonds is 3. The molecule has 0 bridgehead atoms. The molecule has 1 aliphatic rings. The van der Waals surface area contributed by atoms with E-state index in [0.717, 1.165) is 13.1 Å². The van der Waals surface area contributed by atoms with Crippen LogP contribution in [0.1, 0.15) is 24.9 Å². The van der Waals surface area contributed by atoms with Gasteiger partial charge in [-0.05, 0) is 18.5 Å². The molecule has 0 spiro atoms. The van der Waals surface area contributed by atoms with Gasteiger partial charge in [0.15, 0.2) is 0 Å². The predicted octanol–water partition coefficient (Wildman–Crippen LogP) is 2.04. The molecule has 82 valence electrons. The number of hydrogen-bond donors (Lipinski definition) is 1. The van der Waals surface area contributed by atoms with E-state index in [-0.39, 0.29) is 0 Å². The molecule has 1 aliphatic heterocycles. The summed E-state index contributed by atoms with van der Waals surface area (Å²) in [6.07, 6.45) is 1.24. The van der Waals surface area contributed by atoms with E-state index in [1.165, 1.54) is 25.1 Å². The summed E-state index contributed by atoms with van der Waals surface area (Å²) < 4.78 is 0. The minimum Gasteiger partial charge on any atom is -0.314 e. The maximum Gasteiger partial charge on any atom is 0.0473 e. The standard InChI is InChI=1S/C13H20N2/c1-2-9-15-10-8-14-11-13(15)12-6-4-3-5-7-12/h3-7,13-14H,2,8-11H2,1H3/t13-/m0/s1. The first kappa shape index (κ1) is 10.7. The summed E-state index contributed by atoms with van der Waals surface area (Å²) in [4.78, 5) is 2.59.